The summed E-state index contributed by atoms with van der Waals surface area (Å²) in [5.41, 5.74) is 24.8. The van der Waals surface area contributed by atoms with E-state index in [4.69, 9.17) is 0 Å². The van der Waals surface area contributed by atoms with Crippen LogP contribution in [-0.2, 0) is 10.8 Å². The minimum atomic E-state index is -0.441. The van der Waals surface area contributed by atoms with Gasteiger partial charge in [0.2, 0.25) is 0 Å². The molecule has 0 saturated carbocycles. The standard InChI is InChI=1S/C64H44N2/c1-63(2)51-23-9-5-21-49(51)61-55(63)27-15-31-59(61)66(44-39-35-42(36-40-44)41-33-37-43(38-34-41)65-57-29-13-7-19-47(57)48-20-8-14-30-58(48)65)60-32-16-28-56-62(60)50-22-6-12-26-54(50)64(56)52-24-10-3-17-45(52)46-18-4-11-25-53(46)64/h3-40H,1-2H3. The molecule has 0 bridgehead atoms. The fourth-order valence-corrected chi connectivity index (χ4v) is 12.4. The number of fused-ring (bicyclic) bond motifs is 16. The van der Waals surface area contributed by atoms with E-state index < -0.39 is 5.41 Å². The molecular formula is C64H44N2. The van der Waals surface area contributed by atoms with Crippen LogP contribution < -0.4 is 4.90 Å². The molecule has 3 aliphatic rings. The molecule has 11 aromatic rings. The lowest BCUT2D eigenvalue weighted by molar-refractivity contribution is 0.660. The van der Waals surface area contributed by atoms with E-state index in [0.717, 1.165) is 11.4 Å². The molecule has 66 heavy (non-hydrogen) atoms. The van der Waals surface area contributed by atoms with E-state index in [0.29, 0.717) is 0 Å². The van der Waals surface area contributed by atoms with E-state index in [2.05, 4.69) is 254 Å². The largest absolute Gasteiger partial charge is 0.309 e. The van der Waals surface area contributed by atoms with Crippen LogP contribution in [0.2, 0.25) is 0 Å². The fraction of sp³-hybridized carbons (Fsp3) is 0.0625. The summed E-state index contributed by atoms with van der Waals surface area (Å²) >= 11 is 0. The van der Waals surface area contributed by atoms with Crippen LogP contribution in [0.4, 0.5) is 17.1 Å². The van der Waals surface area contributed by atoms with Crippen LogP contribution in [-0.4, -0.2) is 4.57 Å². The maximum Gasteiger partial charge on any atom is 0.0726 e. The van der Waals surface area contributed by atoms with E-state index in [-0.39, 0.29) is 5.41 Å². The second-order valence-electron chi connectivity index (χ2n) is 18.8. The lowest BCUT2D eigenvalue weighted by Gasteiger charge is -2.32. The Morgan fingerprint density at radius 3 is 1.32 bits per heavy atom. The van der Waals surface area contributed by atoms with Crippen LogP contribution in [0.25, 0.3) is 72.0 Å². The summed E-state index contributed by atoms with van der Waals surface area (Å²) in [6.45, 7) is 4.75. The molecule has 0 N–H and O–H groups in total. The van der Waals surface area contributed by atoms with Crippen LogP contribution in [0.5, 0.6) is 0 Å². The third-order valence-electron chi connectivity index (χ3n) is 15.2. The van der Waals surface area contributed by atoms with Crippen molar-refractivity contribution < 1.29 is 0 Å². The van der Waals surface area contributed by atoms with Crippen molar-refractivity contribution in [1.29, 1.82) is 0 Å². The van der Waals surface area contributed by atoms with Crippen LogP contribution in [0.15, 0.2) is 231 Å². The summed E-state index contributed by atoms with van der Waals surface area (Å²) < 4.78 is 2.39. The maximum absolute atomic E-state index is 2.56. The molecule has 0 amide bonds. The normalized spacial score (nSPS) is 14.2. The number of nitrogens with zero attached hydrogens (tertiary/aromatic N) is 2. The first-order valence-electron chi connectivity index (χ1n) is 23.2. The quantitative estimate of drug-likeness (QED) is 0.168. The Morgan fingerprint density at radius 1 is 0.333 bits per heavy atom. The molecule has 310 valence electrons. The van der Waals surface area contributed by atoms with Crippen molar-refractivity contribution in [2.75, 3.05) is 4.90 Å². The van der Waals surface area contributed by atoms with E-state index >= 15 is 0 Å². The van der Waals surface area contributed by atoms with Gasteiger partial charge in [-0.05, 0) is 115 Å². The molecular weight excluding hydrogens is 797 g/mol. The molecule has 0 fully saturated rings. The fourth-order valence-electron chi connectivity index (χ4n) is 12.4. The van der Waals surface area contributed by atoms with E-state index in [9.17, 15) is 0 Å². The highest BCUT2D eigenvalue weighted by Crippen LogP contribution is 2.65. The second-order valence-corrected chi connectivity index (χ2v) is 18.8. The van der Waals surface area contributed by atoms with Gasteiger partial charge in [0.1, 0.15) is 0 Å². The smallest absolute Gasteiger partial charge is 0.0726 e. The molecule has 3 aliphatic carbocycles. The van der Waals surface area contributed by atoms with Gasteiger partial charge >= 0.3 is 0 Å². The maximum atomic E-state index is 2.56. The van der Waals surface area contributed by atoms with Crippen LogP contribution >= 0.6 is 0 Å². The van der Waals surface area contributed by atoms with E-state index in [1.165, 1.54) is 111 Å². The van der Waals surface area contributed by atoms with Gasteiger partial charge in [-0.3, -0.25) is 0 Å². The van der Waals surface area contributed by atoms with Crippen molar-refractivity contribution in [3.05, 3.63) is 264 Å². The van der Waals surface area contributed by atoms with Gasteiger partial charge < -0.3 is 9.47 Å². The SMILES string of the molecule is CC1(C)c2ccccc2-c2c(N(c3ccc(-c4ccc(-n5c6ccccc6c6ccccc65)cc4)cc3)c3cccc4c3-c3ccccc3C43c4ccccc4-c4ccccc43)cccc21. The van der Waals surface area contributed by atoms with Crippen molar-refractivity contribution in [1.82, 2.24) is 4.57 Å². The van der Waals surface area contributed by atoms with Gasteiger partial charge in [0.05, 0.1) is 27.8 Å². The van der Waals surface area contributed by atoms with Crippen LogP contribution in [0.3, 0.4) is 0 Å². The third kappa shape index (κ3) is 4.85. The van der Waals surface area contributed by atoms with E-state index in [1.54, 1.807) is 0 Å². The molecule has 0 saturated heterocycles. The number of anilines is 3. The number of para-hydroxylation sites is 2. The molecule has 0 radical (unpaired) electrons. The molecule has 10 aromatic carbocycles. The van der Waals surface area contributed by atoms with E-state index in [1.807, 2.05) is 0 Å². The Kier molecular flexibility index (Phi) is 7.70. The zero-order chi connectivity index (χ0) is 43.7. The topological polar surface area (TPSA) is 8.17 Å². The van der Waals surface area contributed by atoms with Crippen molar-refractivity contribution >= 4 is 38.9 Å². The summed E-state index contributed by atoms with van der Waals surface area (Å²) in [4.78, 5) is 2.56. The van der Waals surface area contributed by atoms with Crippen molar-refractivity contribution in [3.63, 3.8) is 0 Å². The molecule has 2 heteroatoms. The van der Waals surface area contributed by atoms with Gasteiger partial charge in [0.25, 0.3) is 0 Å². The molecule has 0 unspecified atom stereocenters. The first kappa shape index (κ1) is 37.2. The second kappa shape index (κ2) is 13.7. The minimum absolute atomic E-state index is 0.143. The number of hydrogen-bond donors (Lipinski definition) is 0. The van der Waals surface area contributed by atoms with Crippen molar-refractivity contribution in [2.45, 2.75) is 24.7 Å². The molecule has 1 spiro atoms. The number of rotatable bonds is 5. The summed E-state index contributed by atoms with van der Waals surface area (Å²) in [5.74, 6) is 0. The zero-order valence-corrected chi connectivity index (χ0v) is 36.8. The monoisotopic (exact) mass is 840 g/mol. The molecule has 14 rings (SSSR count). The highest BCUT2D eigenvalue weighted by Gasteiger charge is 2.52. The average Bonchev–Trinajstić information content (AvgIpc) is 4.05. The summed E-state index contributed by atoms with van der Waals surface area (Å²) in [5, 5.41) is 2.54. The zero-order valence-electron chi connectivity index (χ0n) is 36.8. The van der Waals surface area contributed by atoms with Crippen molar-refractivity contribution in [3.8, 4) is 50.2 Å². The van der Waals surface area contributed by atoms with Gasteiger partial charge in [0, 0.05) is 38.7 Å². The Bertz CT molecular complexity index is 3690. The molecule has 1 heterocycles. The first-order valence-corrected chi connectivity index (χ1v) is 23.2. The van der Waals surface area contributed by atoms with Crippen LogP contribution in [0.1, 0.15) is 47.2 Å². The van der Waals surface area contributed by atoms with Gasteiger partial charge in [0.15, 0.2) is 0 Å². The molecule has 1 aromatic heterocycles. The summed E-state index contributed by atoms with van der Waals surface area (Å²) in [6, 6.07) is 86.1. The third-order valence-corrected chi connectivity index (χ3v) is 15.2. The highest BCUT2D eigenvalue weighted by atomic mass is 15.1. The Labute approximate surface area is 385 Å². The minimum Gasteiger partial charge on any atom is -0.309 e. The first-order chi connectivity index (χ1) is 32.5. The lowest BCUT2D eigenvalue weighted by atomic mass is 9.70. The summed E-state index contributed by atoms with van der Waals surface area (Å²) in [7, 11) is 0. The Hall–Kier alpha value is -8.20. The van der Waals surface area contributed by atoms with Crippen molar-refractivity contribution in [2.24, 2.45) is 0 Å². The van der Waals surface area contributed by atoms with Crippen LogP contribution in [0, 0.1) is 0 Å². The number of benzene rings is 10. The van der Waals surface area contributed by atoms with Gasteiger partial charge in [-0.15, -0.1) is 0 Å². The van der Waals surface area contributed by atoms with Gasteiger partial charge in [-0.1, -0.05) is 196 Å². The Balaban J connectivity index is 0.965. The molecule has 0 atom stereocenters. The Morgan fingerprint density at radius 2 is 0.742 bits per heavy atom. The molecule has 2 nitrogen and oxygen atoms in total. The number of hydrogen-bond acceptors (Lipinski definition) is 1. The highest BCUT2D eigenvalue weighted by molar-refractivity contribution is 6.09. The van der Waals surface area contributed by atoms with Gasteiger partial charge in [-0.25, -0.2) is 0 Å². The van der Waals surface area contributed by atoms with Gasteiger partial charge in [-0.2, -0.15) is 0 Å². The predicted molar refractivity (Wildman–Crippen MR) is 275 cm³/mol. The lowest BCUT2D eigenvalue weighted by Crippen LogP contribution is -2.26. The summed E-state index contributed by atoms with van der Waals surface area (Å²) in [6.07, 6.45) is 0. The molecule has 0 aliphatic heterocycles. The number of aromatic nitrogens is 1. The average molecular weight is 841 g/mol. The predicted octanol–water partition coefficient (Wildman–Crippen LogP) is 16.6.